The van der Waals surface area contributed by atoms with Crippen LogP contribution in [0.4, 0.5) is 11.4 Å². The van der Waals surface area contributed by atoms with Gasteiger partial charge in [-0.25, -0.2) is 0 Å². The lowest BCUT2D eigenvalue weighted by atomic mass is 10.0. The van der Waals surface area contributed by atoms with Crippen LogP contribution in [-0.2, 0) is 4.79 Å². The normalized spacial score (nSPS) is 20.5. The molecule has 1 heterocycles. The van der Waals surface area contributed by atoms with E-state index in [1.165, 1.54) is 0 Å². The highest BCUT2D eigenvalue weighted by Crippen LogP contribution is 2.51. The lowest BCUT2D eigenvalue weighted by molar-refractivity contribution is -0.118. The van der Waals surface area contributed by atoms with E-state index in [1.807, 2.05) is 12.1 Å². The molecule has 0 atom stereocenters. The minimum absolute atomic E-state index is 0.150. The predicted molar refractivity (Wildman–Crippen MR) is 72.4 cm³/mol. The van der Waals surface area contributed by atoms with Crippen molar-refractivity contribution in [1.82, 2.24) is 0 Å². The number of hydrogen-bond donors (Lipinski definition) is 1. The van der Waals surface area contributed by atoms with Crippen molar-refractivity contribution < 1.29 is 4.79 Å². The van der Waals surface area contributed by atoms with Gasteiger partial charge in [-0.05, 0) is 44.9 Å². The number of carbonyl (C=O) groups is 1. The summed E-state index contributed by atoms with van der Waals surface area (Å²) in [6, 6.07) is 6.42. The number of amides is 1. The van der Waals surface area contributed by atoms with Gasteiger partial charge in [0.05, 0.1) is 11.4 Å². The van der Waals surface area contributed by atoms with E-state index in [2.05, 4.69) is 46.1 Å². The zero-order valence-corrected chi connectivity index (χ0v) is 11.5. The molecule has 0 aromatic heterocycles. The Labute approximate surface area is 109 Å². The smallest absolute Gasteiger partial charge is 0.250 e. The van der Waals surface area contributed by atoms with Gasteiger partial charge in [-0.15, -0.1) is 0 Å². The molecule has 3 nitrogen and oxygen atoms in total. The van der Waals surface area contributed by atoms with Crippen molar-refractivity contribution in [2.24, 2.45) is 0 Å². The van der Waals surface area contributed by atoms with Gasteiger partial charge >= 0.3 is 0 Å². The molecule has 1 saturated carbocycles. The van der Waals surface area contributed by atoms with E-state index in [9.17, 15) is 4.79 Å². The van der Waals surface area contributed by atoms with E-state index in [0.717, 1.165) is 28.7 Å². The van der Waals surface area contributed by atoms with Gasteiger partial charge in [0.1, 0.15) is 5.54 Å². The summed E-state index contributed by atoms with van der Waals surface area (Å²) in [5.41, 5.74) is 1.78. The Hall–Kier alpha value is -1.03. The third-order valence-corrected chi connectivity index (χ3v) is 4.08. The Kier molecular flexibility index (Phi) is 2.27. The molecule has 2 aliphatic rings. The van der Waals surface area contributed by atoms with Crippen molar-refractivity contribution in [2.45, 2.75) is 38.3 Å². The van der Waals surface area contributed by atoms with Crippen molar-refractivity contribution in [2.75, 3.05) is 10.2 Å². The second-order valence-corrected chi connectivity index (χ2v) is 6.03. The Morgan fingerprint density at radius 3 is 2.71 bits per heavy atom. The number of rotatable bonds is 1. The summed E-state index contributed by atoms with van der Waals surface area (Å²) in [6.45, 7) is 4.29. The minimum Gasteiger partial charge on any atom is -0.353 e. The molecule has 1 amide bonds. The summed E-state index contributed by atoms with van der Waals surface area (Å²) in [4.78, 5) is 14.5. The third-order valence-electron chi connectivity index (χ3n) is 3.59. The number of hydrogen-bond acceptors (Lipinski definition) is 2. The number of carbonyl (C=O) groups excluding carboxylic acids is 1. The average molecular weight is 295 g/mol. The van der Waals surface area contributed by atoms with Crippen LogP contribution in [0.2, 0.25) is 0 Å². The first-order valence-electron chi connectivity index (χ1n) is 5.95. The van der Waals surface area contributed by atoms with Crippen LogP contribution in [-0.4, -0.2) is 17.5 Å². The highest BCUT2D eigenvalue weighted by atomic mass is 79.9. The fourth-order valence-corrected chi connectivity index (χ4v) is 3.12. The molecule has 90 valence electrons. The van der Waals surface area contributed by atoms with Crippen LogP contribution in [0.15, 0.2) is 22.7 Å². The maximum atomic E-state index is 12.2. The standard InChI is InChI=1S/C13H15BrN2O/c1-8(2)16-11-4-3-9(14)7-10(11)15-12(17)13(16)5-6-13/h3-4,7-8H,5-6H2,1-2H3,(H,15,17). The van der Waals surface area contributed by atoms with E-state index in [4.69, 9.17) is 0 Å². The van der Waals surface area contributed by atoms with Gasteiger partial charge in [-0.2, -0.15) is 0 Å². The molecule has 1 aliphatic heterocycles. The van der Waals surface area contributed by atoms with Gasteiger partial charge in [0.25, 0.3) is 0 Å². The average Bonchev–Trinajstić information content (AvgIpc) is 3.01. The molecule has 1 aromatic rings. The summed E-state index contributed by atoms with van der Waals surface area (Å²) in [5.74, 6) is 0.150. The summed E-state index contributed by atoms with van der Waals surface area (Å²) in [6.07, 6.45) is 1.93. The largest absolute Gasteiger partial charge is 0.353 e. The van der Waals surface area contributed by atoms with Crippen LogP contribution in [0.5, 0.6) is 0 Å². The number of nitrogens with one attached hydrogen (secondary N) is 1. The van der Waals surface area contributed by atoms with Crippen molar-refractivity contribution in [3.63, 3.8) is 0 Å². The highest BCUT2D eigenvalue weighted by Gasteiger charge is 2.58. The summed E-state index contributed by atoms with van der Waals surface area (Å²) >= 11 is 3.44. The van der Waals surface area contributed by atoms with Gasteiger partial charge in [-0.1, -0.05) is 15.9 Å². The molecular weight excluding hydrogens is 280 g/mol. The monoisotopic (exact) mass is 294 g/mol. The Balaban J connectivity index is 2.15. The zero-order chi connectivity index (χ0) is 12.2. The first kappa shape index (κ1) is 11.1. The van der Waals surface area contributed by atoms with Gasteiger partial charge in [0, 0.05) is 10.5 Å². The number of halogens is 1. The number of fused-ring (bicyclic) bond motifs is 1. The first-order valence-corrected chi connectivity index (χ1v) is 6.74. The highest BCUT2D eigenvalue weighted by molar-refractivity contribution is 9.10. The van der Waals surface area contributed by atoms with Gasteiger partial charge < -0.3 is 10.2 Å². The lowest BCUT2D eigenvalue weighted by Crippen LogP contribution is -2.53. The second kappa shape index (κ2) is 3.48. The van der Waals surface area contributed by atoms with Crippen LogP contribution >= 0.6 is 15.9 Å². The molecule has 1 N–H and O–H groups in total. The Morgan fingerprint density at radius 1 is 1.41 bits per heavy atom. The SMILES string of the molecule is CC(C)N1c2ccc(Br)cc2NC(=O)C12CC2. The number of nitrogens with zero attached hydrogens (tertiary/aromatic N) is 1. The summed E-state index contributed by atoms with van der Waals surface area (Å²) < 4.78 is 0.993. The predicted octanol–water partition coefficient (Wildman–Crippen LogP) is 3.15. The summed E-state index contributed by atoms with van der Waals surface area (Å²) in [5, 5.41) is 3.03. The summed E-state index contributed by atoms with van der Waals surface area (Å²) in [7, 11) is 0. The number of benzene rings is 1. The molecule has 0 bridgehead atoms. The second-order valence-electron chi connectivity index (χ2n) is 5.11. The third kappa shape index (κ3) is 1.50. The van der Waals surface area contributed by atoms with Crippen LogP contribution in [0.25, 0.3) is 0 Å². The molecule has 1 aromatic carbocycles. The van der Waals surface area contributed by atoms with Crippen LogP contribution in [0, 0.1) is 0 Å². The Bertz CT molecular complexity index is 494. The molecule has 1 aliphatic carbocycles. The van der Waals surface area contributed by atoms with E-state index < -0.39 is 0 Å². The van der Waals surface area contributed by atoms with Crippen LogP contribution in [0.3, 0.4) is 0 Å². The molecule has 1 fully saturated rings. The topological polar surface area (TPSA) is 32.3 Å². The molecule has 0 saturated heterocycles. The molecule has 4 heteroatoms. The fourth-order valence-electron chi connectivity index (χ4n) is 2.76. The van der Waals surface area contributed by atoms with E-state index in [0.29, 0.717) is 6.04 Å². The fraction of sp³-hybridized carbons (Fsp3) is 0.462. The van der Waals surface area contributed by atoms with Crippen LogP contribution < -0.4 is 10.2 Å². The Morgan fingerprint density at radius 2 is 2.12 bits per heavy atom. The molecule has 3 rings (SSSR count). The van der Waals surface area contributed by atoms with Gasteiger partial charge in [0.15, 0.2) is 0 Å². The van der Waals surface area contributed by atoms with E-state index in [-0.39, 0.29) is 11.4 Å². The first-order chi connectivity index (χ1) is 8.04. The van der Waals surface area contributed by atoms with Crippen molar-refractivity contribution >= 4 is 33.2 Å². The maximum Gasteiger partial charge on any atom is 0.250 e. The molecule has 0 radical (unpaired) electrons. The molecule has 1 spiro atoms. The van der Waals surface area contributed by atoms with Crippen molar-refractivity contribution in [3.05, 3.63) is 22.7 Å². The van der Waals surface area contributed by atoms with E-state index >= 15 is 0 Å². The van der Waals surface area contributed by atoms with Crippen molar-refractivity contribution in [1.29, 1.82) is 0 Å². The maximum absolute atomic E-state index is 12.2. The van der Waals surface area contributed by atoms with Gasteiger partial charge in [0.2, 0.25) is 5.91 Å². The number of anilines is 2. The van der Waals surface area contributed by atoms with Gasteiger partial charge in [-0.3, -0.25) is 4.79 Å². The van der Waals surface area contributed by atoms with Crippen molar-refractivity contribution in [3.8, 4) is 0 Å². The van der Waals surface area contributed by atoms with Crippen LogP contribution in [0.1, 0.15) is 26.7 Å². The molecule has 0 unspecified atom stereocenters. The lowest BCUT2D eigenvalue weighted by Gasteiger charge is -2.41. The molecular formula is C13H15BrN2O. The minimum atomic E-state index is -0.269. The zero-order valence-electron chi connectivity index (χ0n) is 9.96. The van der Waals surface area contributed by atoms with E-state index in [1.54, 1.807) is 0 Å². The molecule has 17 heavy (non-hydrogen) atoms. The quantitative estimate of drug-likeness (QED) is 0.863.